The number of hydrogen-bond donors (Lipinski definition) is 0. The molecule has 5 heteroatoms. The minimum Gasteiger partial charge on any atom is -0.315 e. The van der Waals surface area contributed by atoms with Crippen LogP contribution in [0, 0.1) is 10.1 Å². The normalized spacial score (nSPS) is 23.4. The molecule has 17 heavy (non-hydrogen) atoms. The van der Waals surface area contributed by atoms with Crippen molar-refractivity contribution in [2.45, 2.75) is 18.8 Å². The smallest absolute Gasteiger partial charge is 0.227 e. The molecule has 1 amide bonds. The molecule has 90 valence electrons. The van der Waals surface area contributed by atoms with E-state index < -0.39 is 5.41 Å². The molecule has 0 fully saturated rings. The third-order valence-corrected chi connectivity index (χ3v) is 3.31. The number of nitrogens with zero attached hydrogens (tertiary/aromatic N) is 2. The summed E-state index contributed by atoms with van der Waals surface area (Å²) in [5.41, 5.74) is 0.941. The second kappa shape index (κ2) is 3.84. The zero-order valence-corrected chi connectivity index (χ0v) is 9.84. The van der Waals surface area contributed by atoms with Gasteiger partial charge in [-0.15, -0.1) is 0 Å². The van der Waals surface area contributed by atoms with Gasteiger partial charge in [-0.1, -0.05) is 18.2 Å². The maximum Gasteiger partial charge on any atom is 0.227 e. The lowest BCUT2D eigenvalue weighted by Gasteiger charge is -2.36. The van der Waals surface area contributed by atoms with Gasteiger partial charge in [0.1, 0.15) is 0 Å². The van der Waals surface area contributed by atoms with Gasteiger partial charge in [0.2, 0.25) is 12.5 Å². The molecule has 0 spiro atoms. The summed E-state index contributed by atoms with van der Waals surface area (Å²) in [5, 5.41) is 10.8. The second-order valence-electron chi connectivity index (χ2n) is 4.70. The number of carbonyl (C=O) groups is 1. The van der Waals surface area contributed by atoms with Crippen LogP contribution in [0.4, 0.5) is 5.69 Å². The number of benzene rings is 1. The van der Waals surface area contributed by atoms with E-state index in [4.69, 9.17) is 0 Å². The van der Waals surface area contributed by atoms with E-state index in [1.54, 1.807) is 18.9 Å². The van der Waals surface area contributed by atoms with Gasteiger partial charge in [0.05, 0.1) is 5.41 Å². The van der Waals surface area contributed by atoms with E-state index in [0.29, 0.717) is 0 Å². The van der Waals surface area contributed by atoms with Crippen molar-refractivity contribution >= 4 is 11.6 Å². The fourth-order valence-corrected chi connectivity index (χ4v) is 2.38. The minimum atomic E-state index is -0.705. The average molecular weight is 234 g/mol. The van der Waals surface area contributed by atoms with Gasteiger partial charge in [0.25, 0.3) is 0 Å². The molecule has 1 aromatic rings. The molecule has 0 aliphatic carbocycles. The van der Waals surface area contributed by atoms with Gasteiger partial charge in [-0.05, 0) is 18.6 Å². The highest BCUT2D eigenvalue weighted by Gasteiger charge is 2.42. The van der Waals surface area contributed by atoms with Crippen LogP contribution in [0.15, 0.2) is 24.3 Å². The monoisotopic (exact) mass is 234 g/mol. The largest absolute Gasteiger partial charge is 0.315 e. The van der Waals surface area contributed by atoms with E-state index >= 15 is 0 Å². The van der Waals surface area contributed by atoms with Gasteiger partial charge in [0.15, 0.2) is 0 Å². The third kappa shape index (κ3) is 1.88. The summed E-state index contributed by atoms with van der Waals surface area (Å²) < 4.78 is 0. The Morgan fingerprint density at radius 3 is 2.76 bits per heavy atom. The maximum absolute atomic E-state index is 11.9. The first kappa shape index (κ1) is 11.6. The van der Waals surface area contributed by atoms with E-state index in [9.17, 15) is 14.9 Å². The Hall–Kier alpha value is -1.91. The van der Waals surface area contributed by atoms with Crippen molar-refractivity contribution in [3.63, 3.8) is 0 Å². The number of hydrogen-bond acceptors (Lipinski definition) is 3. The number of amides is 1. The summed E-state index contributed by atoms with van der Waals surface area (Å²) in [6, 6.07) is 7.37. The molecular weight excluding hydrogens is 220 g/mol. The highest BCUT2D eigenvalue weighted by Crippen LogP contribution is 2.39. The molecule has 1 heterocycles. The topological polar surface area (TPSA) is 63.5 Å². The molecule has 5 nitrogen and oxygen atoms in total. The van der Waals surface area contributed by atoms with Gasteiger partial charge in [-0.25, -0.2) is 0 Å². The first-order chi connectivity index (χ1) is 7.94. The van der Waals surface area contributed by atoms with E-state index in [1.165, 1.54) is 0 Å². The molecule has 0 radical (unpaired) electrons. The highest BCUT2D eigenvalue weighted by molar-refractivity contribution is 5.97. The Bertz CT molecular complexity index is 486. The summed E-state index contributed by atoms with van der Waals surface area (Å²) in [6.45, 7) is 1.56. The van der Waals surface area contributed by atoms with Crippen molar-refractivity contribution in [2.24, 2.45) is 0 Å². The van der Waals surface area contributed by atoms with E-state index in [-0.39, 0.29) is 23.8 Å². The zero-order chi connectivity index (χ0) is 12.6. The first-order valence-electron chi connectivity index (χ1n) is 5.42. The van der Waals surface area contributed by atoms with Crippen LogP contribution in [-0.2, 0) is 10.2 Å². The van der Waals surface area contributed by atoms with Crippen molar-refractivity contribution in [2.75, 3.05) is 18.5 Å². The Labute approximate surface area is 99.2 Å². The summed E-state index contributed by atoms with van der Waals surface area (Å²) in [4.78, 5) is 23.8. The standard InChI is InChI=1S/C12H14N2O3/c1-12(8-14(16)17)7-11(15)13(2)10-6-4-3-5-9(10)12/h3-6H,7-8H2,1-2H3. The van der Waals surface area contributed by atoms with Gasteiger partial charge in [0, 0.05) is 24.1 Å². The summed E-state index contributed by atoms with van der Waals surface area (Å²) in [7, 11) is 1.70. The third-order valence-electron chi connectivity index (χ3n) is 3.31. The number of para-hydroxylation sites is 1. The summed E-state index contributed by atoms with van der Waals surface area (Å²) >= 11 is 0. The van der Waals surface area contributed by atoms with E-state index in [1.807, 2.05) is 24.3 Å². The molecular formula is C12H14N2O3. The van der Waals surface area contributed by atoms with Crippen molar-refractivity contribution in [3.8, 4) is 0 Å². The molecule has 1 aliphatic heterocycles. The quantitative estimate of drug-likeness (QED) is 0.576. The Morgan fingerprint density at radius 2 is 2.12 bits per heavy atom. The molecule has 1 aromatic carbocycles. The number of fused-ring (bicyclic) bond motifs is 1. The number of anilines is 1. The summed E-state index contributed by atoms with van der Waals surface area (Å²) in [6.07, 6.45) is 0.182. The van der Waals surface area contributed by atoms with Crippen molar-refractivity contribution in [1.82, 2.24) is 0 Å². The van der Waals surface area contributed by atoms with Gasteiger partial charge >= 0.3 is 0 Å². The Morgan fingerprint density at radius 1 is 1.47 bits per heavy atom. The predicted octanol–water partition coefficient (Wildman–Crippen LogP) is 1.59. The molecule has 1 aliphatic rings. The maximum atomic E-state index is 11.9. The summed E-state index contributed by atoms with van der Waals surface area (Å²) in [5.74, 6) is -0.0759. The zero-order valence-electron chi connectivity index (χ0n) is 9.84. The molecule has 0 saturated heterocycles. The molecule has 2 rings (SSSR count). The molecule has 1 unspecified atom stereocenters. The van der Waals surface area contributed by atoms with Gasteiger partial charge in [-0.2, -0.15) is 0 Å². The van der Waals surface area contributed by atoms with Crippen LogP contribution in [0.3, 0.4) is 0 Å². The van der Waals surface area contributed by atoms with Crippen molar-refractivity contribution < 1.29 is 9.72 Å². The molecule has 0 aromatic heterocycles. The van der Waals surface area contributed by atoms with Crippen LogP contribution < -0.4 is 4.90 Å². The lowest BCUT2D eigenvalue weighted by molar-refractivity contribution is -0.490. The van der Waals surface area contributed by atoms with Crippen LogP contribution in [0.5, 0.6) is 0 Å². The van der Waals surface area contributed by atoms with Crippen LogP contribution in [0.2, 0.25) is 0 Å². The second-order valence-corrected chi connectivity index (χ2v) is 4.70. The number of rotatable bonds is 2. The average Bonchev–Trinajstić information content (AvgIpc) is 2.25. The molecule has 0 bridgehead atoms. The lowest BCUT2D eigenvalue weighted by Crippen LogP contribution is -2.44. The molecule has 0 saturated carbocycles. The number of carbonyl (C=O) groups excluding carboxylic acids is 1. The fourth-order valence-electron chi connectivity index (χ4n) is 2.38. The van der Waals surface area contributed by atoms with Crippen LogP contribution in [0.1, 0.15) is 18.9 Å². The van der Waals surface area contributed by atoms with Crippen LogP contribution in [0.25, 0.3) is 0 Å². The van der Waals surface area contributed by atoms with Crippen molar-refractivity contribution in [3.05, 3.63) is 39.9 Å². The fraction of sp³-hybridized carbons (Fsp3) is 0.417. The minimum absolute atomic E-state index is 0.0759. The number of nitro groups is 1. The van der Waals surface area contributed by atoms with Crippen molar-refractivity contribution in [1.29, 1.82) is 0 Å². The first-order valence-corrected chi connectivity index (χ1v) is 5.42. The lowest BCUT2D eigenvalue weighted by atomic mass is 9.75. The van der Waals surface area contributed by atoms with Crippen LogP contribution >= 0.6 is 0 Å². The SMILES string of the molecule is CN1C(=O)CC(C)(C[N+](=O)[O-])c2ccccc21. The molecule has 0 N–H and O–H groups in total. The van der Waals surface area contributed by atoms with E-state index in [0.717, 1.165) is 11.3 Å². The Kier molecular flexibility index (Phi) is 2.61. The molecule has 1 atom stereocenters. The van der Waals surface area contributed by atoms with Gasteiger partial charge in [-0.3, -0.25) is 14.9 Å². The van der Waals surface area contributed by atoms with E-state index in [2.05, 4.69) is 0 Å². The predicted molar refractivity (Wildman–Crippen MR) is 63.7 cm³/mol. The van der Waals surface area contributed by atoms with Gasteiger partial charge < -0.3 is 4.90 Å². The Balaban J connectivity index is 2.53. The van der Waals surface area contributed by atoms with Crippen LogP contribution in [-0.4, -0.2) is 24.4 Å². The highest BCUT2D eigenvalue weighted by atomic mass is 16.6.